The molecule has 0 spiro atoms. The number of hydrogen-bond acceptors (Lipinski definition) is 5. The topological polar surface area (TPSA) is 84.9 Å². The van der Waals surface area contributed by atoms with Crippen molar-refractivity contribution >= 4 is 21.6 Å². The number of benzene rings is 2. The van der Waals surface area contributed by atoms with Gasteiger partial charge in [0.25, 0.3) is 0 Å². The maximum Gasteiger partial charge on any atom is 0.243 e. The van der Waals surface area contributed by atoms with Crippen molar-refractivity contribution in [3.05, 3.63) is 47.5 Å². The molecule has 1 aliphatic rings. The van der Waals surface area contributed by atoms with Crippen LogP contribution in [0.25, 0.3) is 0 Å². The van der Waals surface area contributed by atoms with Gasteiger partial charge in [-0.2, -0.15) is 4.31 Å². The molecule has 0 saturated heterocycles. The van der Waals surface area contributed by atoms with Crippen LogP contribution in [0.2, 0.25) is 0 Å². The Bertz CT molecular complexity index is 986. The third kappa shape index (κ3) is 3.70. The van der Waals surface area contributed by atoms with Crippen LogP contribution < -0.4 is 14.8 Å². The zero-order valence-electron chi connectivity index (χ0n) is 16.4. The van der Waals surface area contributed by atoms with Crippen LogP contribution in [0.15, 0.2) is 41.3 Å². The molecule has 3 rings (SSSR count). The molecule has 7 nitrogen and oxygen atoms in total. The monoisotopic (exact) mass is 404 g/mol. The van der Waals surface area contributed by atoms with Crippen LogP contribution in [0.4, 0.5) is 5.69 Å². The van der Waals surface area contributed by atoms with Gasteiger partial charge in [-0.15, -0.1) is 0 Å². The van der Waals surface area contributed by atoms with Gasteiger partial charge in [-0.1, -0.05) is 0 Å². The summed E-state index contributed by atoms with van der Waals surface area (Å²) in [4.78, 5) is 11.3. The number of hydrogen-bond donors (Lipinski definition) is 1. The van der Waals surface area contributed by atoms with Crippen LogP contribution in [0, 0.1) is 0 Å². The number of amides is 1. The van der Waals surface area contributed by atoms with E-state index in [4.69, 9.17) is 9.47 Å². The molecule has 150 valence electrons. The fraction of sp³-hybridized carbons (Fsp3) is 0.350. The third-order valence-corrected chi connectivity index (χ3v) is 6.89. The predicted molar refractivity (Wildman–Crippen MR) is 106 cm³/mol. The fourth-order valence-electron chi connectivity index (χ4n) is 3.50. The molecule has 1 amide bonds. The molecule has 1 N–H and O–H groups in total. The van der Waals surface area contributed by atoms with Crippen LogP contribution >= 0.6 is 0 Å². The van der Waals surface area contributed by atoms with E-state index in [-0.39, 0.29) is 16.8 Å². The van der Waals surface area contributed by atoms with Crippen molar-refractivity contribution in [2.45, 2.75) is 31.2 Å². The lowest BCUT2D eigenvalue weighted by Crippen LogP contribution is -2.38. The zero-order chi connectivity index (χ0) is 20.5. The lowest BCUT2D eigenvalue weighted by molar-refractivity contribution is -0.114. The molecular weight excluding hydrogens is 380 g/mol. The van der Waals surface area contributed by atoms with Gasteiger partial charge in [0.2, 0.25) is 15.9 Å². The van der Waals surface area contributed by atoms with Crippen molar-refractivity contribution in [1.82, 2.24) is 4.31 Å². The minimum atomic E-state index is -3.69. The first-order valence-electron chi connectivity index (χ1n) is 8.92. The lowest BCUT2D eigenvalue weighted by Gasteiger charge is -2.34. The number of carbonyl (C=O) groups is 1. The first-order chi connectivity index (χ1) is 13.3. The van der Waals surface area contributed by atoms with Crippen molar-refractivity contribution in [3.63, 3.8) is 0 Å². The number of anilines is 1. The van der Waals surface area contributed by atoms with E-state index in [1.165, 1.54) is 23.4 Å². The molecule has 1 atom stereocenters. The van der Waals surface area contributed by atoms with E-state index < -0.39 is 10.0 Å². The molecule has 28 heavy (non-hydrogen) atoms. The molecule has 2 aromatic carbocycles. The average molecular weight is 404 g/mol. The summed E-state index contributed by atoms with van der Waals surface area (Å²) in [7, 11) is -0.546. The minimum Gasteiger partial charge on any atom is -0.493 e. The highest BCUT2D eigenvalue weighted by Crippen LogP contribution is 2.39. The van der Waals surface area contributed by atoms with Gasteiger partial charge in [0.15, 0.2) is 11.5 Å². The number of ether oxygens (including phenoxy) is 2. The van der Waals surface area contributed by atoms with Gasteiger partial charge in [-0.05, 0) is 60.9 Å². The average Bonchev–Trinajstić information content (AvgIpc) is 2.67. The highest BCUT2D eigenvalue weighted by molar-refractivity contribution is 7.89. The number of nitrogens with zero attached hydrogens (tertiary/aromatic N) is 1. The van der Waals surface area contributed by atoms with E-state index in [1.54, 1.807) is 26.4 Å². The number of carbonyl (C=O) groups excluding carboxylic acids is 1. The van der Waals surface area contributed by atoms with Gasteiger partial charge in [-0.3, -0.25) is 4.79 Å². The first-order valence-corrected chi connectivity index (χ1v) is 10.4. The summed E-state index contributed by atoms with van der Waals surface area (Å²) in [5.41, 5.74) is 2.51. The van der Waals surface area contributed by atoms with E-state index in [0.29, 0.717) is 30.2 Å². The van der Waals surface area contributed by atoms with Gasteiger partial charge in [0.05, 0.1) is 19.1 Å². The van der Waals surface area contributed by atoms with Crippen molar-refractivity contribution in [2.75, 3.05) is 26.1 Å². The van der Waals surface area contributed by atoms with E-state index in [2.05, 4.69) is 5.32 Å². The van der Waals surface area contributed by atoms with Crippen LogP contribution in [0.3, 0.4) is 0 Å². The van der Waals surface area contributed by atoms with Gasteiger partial charge < -0.3 is 14.8 Å². The number of fused-ring (bicyclic) bond motifs is 1. The number of sulfonamides is 1. The second-order valence-corrected chi connectivity index (χ2v) is 8.54. The smallest absolute Gasteiger partial charge is 0.243 e. The molecule has 2 aromatic rings. The van der Waals surface area contributed by atoms with E-state index in [9.17, 15) is 13.2 Å². The Hall–Kier alpha value is -2.58. The Morgan fingerprint density at radius 2 is 1.71 bits per heavy atom. The molecule has 8 heteroatoms. The Kier molecular flexibility index (Phi) is 5.62. The largest absolute Gasteiger partial charge is 0.493 e. The van der Waals surface area contributed by atoms with Crippen molar-refractivity contribution in [3.8, 4) is 11.5 Å². The van der Waals surface area contributed by atoms with Crippen molar-refractivity contribution in [2.24, 2.45) is 0 Å². The summed E-state index contributed by atoms with van der Waals surface area (Å²) in [5, 5.41) is 2.64. The Labute approximate surface area is 165 Å². The van der Waals surface area contributed by atoms with Gasteiger partial charge in [0.1, 0.15) is 0 Å². The molecule has 0 bridgehead atoms. The second-order valence-electron chi connectivity index (χ2n) is 6.65. The van der Waals surface area contributed by atoms with Crippen LogP contribution in [-0.4, -0.2) is 39.4 Å². The molecule has 0 aliphatic carbocycles. The third-order valence-electron chi connectivity index (χ3n) is 4.91. The minimum absolute atomic E-state index is 0.192. The van der Waals surface area contributed by atoms with Gasteiger partial charge in [0, 0.05) is 25.2 Å². The molecule has 0 saturated carbocycles. The summed E-state index contributed by atoms with van der Waals surface area (Å²) in [6.45, 7) is 3.65. The number of rotatable bonds is 5. The summed E-state index contributed by atoms with van der Waals surface area (Å²) in [5.74, 6) is 1.01. The zero-order valence-corrected chi connectivity index (χ0v) is 17.2. The van der Waals surface area contributed by atoms with E-state index >= 15 is 0 Å². The quantitative estimate of drug-likeness (QED) is 0.828. The standard InChI is InChI=1S/C20H24N2O5S/c1-13-18-12-20(27-4)19(26-3)11-15(18)9-10-22(13)28(24,25)17-7-5-16(6-8-17)21-14(2)23/h5-8,11-13H,9-10H2,1-4H3,(H,21,23)/t13-/m0/s1. The Morgan fingerprint density at radius 3 is 2.29 bits per heavy atom. The van der Waals surface area contributed by atoms with E-state index in [1.807, 2.05) is 19.1 Å². The highest BCUT2D eigenvalue weighted by Gasteiger charge is 2.34. The highest BCUT2D eigenvalue weighted by atomic mass is 32.2. The molecular formula is C20H24N2O5S. The summed E-state index contributed by atoms with van der Waals surface area (Å²) < 4.78 is 38.6. The Morgan fingerprint density at radius 1 is 1.11 bits per heavy atom. The number of methoxy groups -OCH3 is 2. The second kappa shape index (κ2) is 7.81. The maximum absolute atomic E-state index is 13.2. The maximum atomic E-state index is 13.2. The molecule has 0 fully saturated rings. The molecule has 0 unspecified atom stereocenters. The van der Waals surface area contributed by atoms with Gasteiger partial charge >= 0.3 is 0 Å². The molecule has 0 radical (unpaired) electrons. The SMILES string of the molecule is COc1cc2c(cc1OC)[C@H](C)N(S(=O)(=O)c1ccc(NC(C)=O)cc1)CC2. The lowest BCUT2D eigenvalue weighted by atomic mass is 9.94. The van der Waals surface area contributed by atoms with Crippen molar-refractivity contribution < 1.29 is 22.7 Å². The molecule has 0 aromatic heterocycles. The first kappa shape index (κ1) is 20.2. The summed E-state index contributed by atoms with van der Waals surface area (Å²) >= 11 is 0. The summed E-state index contributed by atoms with van der Waals surface area (Å²) in [6.07, 6.45) is 0.587. The normalized spacial score (nSPS) is 16.9. The van der Waals surface area contributed by atoms with E-state index in [0.717, 1.165) is 11.1 Å². The van der Waals surface area contributed by atoms with Gasteiger partial charge in [-0.25, -0.2) is 8.42 Å². The number of nitrogens with one attached hydrogen (secondary N) is 1. The van der Waals surface area contributed by atoms with Crippen LogP contribution in [0.5, 0.6) is 11.5 Å². The predicted octanol–water partition coefficient (Wildman–Crippen LogP) is 2.97. The molecule has 1 heterocycles. The van der Waals surface area contributed by atoms with Crippen LogP contribution in [-0.2, 0) is 21.2 Å². The summed E-state index contributed by atoms with van der Waals surface area (Å²) in [6, 6.07) is 9.62. The Balaban J connectivity index is 1.93. The molecule has 1 aliphatic heterocycles. The van der Waals surface area contributed by atoms with Crippen molar-refractivity contribution in [1.29, 1.82) is 0 Å². The van der Waals surface area contributed by atoms with Crippen LogP contribution in [0.1, 0.15) is 31.0 Å². The fourth-order valence-corrected chi connectivity index (χ4v) is 5.11.